The quantitative estimate of drug-likeness (QED) is 0.266. The van der Waals surface area contributed by atoms with Gasteiger partial charge < -0.3 is 24.2 Å². The van der Waals surface area contributed by atoms with E-state index in [0.29, 0.717) is 17.9 Å². The number of rotatable bonds is 10. The number of carboxylic acids is 1. The molecule has 2 atom stereocenters. The van der Waals surface area contributed by atoms with Crippen LogP contribution in [-0.2, 0) is 14.3 Å². The Morgan fingerprint density at radius 1 is 1.00 bits per heavy atom. The van der Waals surface area contributed by atoms with Crippen molar-refractivity contribution in [2.24, 2.45) is 5.41 Å². The standard InChI is InChI=1S/C35H46N2O5/c1-23-29(26-14-16-27(17-15-26)41-22-28(40-8)25-12-10-9-11-13-25)31(37-20-18-35(6,7)19-21-37)30(24(2)36-23)32(33(38)39)42-34(3,4)5/h9-17,28,32H,18-22H2,1-8H3,(H,38,39)/t28-,32+/m1/s1. The molecule has 2 heterocycles. The van der Waals surface area contributed by atoms with Crippen molar-refractivity contribution in [1.29, 1.82) is 0 Å². The van der Waals surface area contributed by atoms with Crippen LogP contribution < -0.4 is 9.64 Å². The molecule has 0 aliphatic carbocycles. The van der Waals surface area contributed by atoms with Crippen LogP contribution >= 0.6 is 0 Å². The van der Waals surface area contributed by atoms with Gasteiger partial charge in [-0.1, -0.05) is 56.3 Å². The number of anilines is 1. The Morgan fingerprint density at radius 2 is 1.62 bits per heavy atom. The third-order valence-electron chi connectivity index (χ3n) is 7.97. The fourth-order valence-electron chi connectivity index (χ4n) is 5.61. The number of ether oxygens (including phenoxy) is 3. The first-order valence-corrected chi connectivity index (χ1v) is 14.8. The molecule has 1 N–H and O–H groups in total. The summed E-state index contributed by atoms with van der Waals surface area (Å²) >= 11 is 0. The Labute approximate surface area is 250 Å². The lowest BCUT2D eigenvalue weighted by Crippen LogP contribution is -2.39. The van der Waals surface area contributed by atoms with Crippen LogP contribution in [0, 0.1) is 19.3 Å². The lowest BCUT2D eigenvalue weighted by atomic mass is 9.82. The second kappa shape index (κ2) is 12.8. The van der Waals surface area contributed by atoms with Crippen molar-refractivity contribution in [3.63, 3.8) is 0 Å². The number of benzene rings is 2. The number of carboxylic acid groups (broad SMARTS) is 1. The molecule has 0 unspecified atom stereocenters. The number of aromatic nitrogens is 1. The van der Waals surface area contributed by atoms with Crippen LogP contribution in [0.3, 0.4) is 0 Å². The predicted octanol–water partition coefficient (Wildman–Crippen LogP) is 7.70. The number of hydrogen-bond acceptors (Lipinski definition) is 6. The summed E-state index contributed by atoms with van der Waals surface area (Å²) in [7, 11) is 1.69. The van der Waals surface area contributed by atoms with Crippen molar-refractivity contribution in [3.8, 4) is 16.9 Å². The van der Waals surface area contributed by atoms with Crippen molar-refractivity contribution in [3.05, 3.63) is 77.1 Å². The van der Waals surface area contributed by atoms with E-state index < -0.39 is 17.7 Å². The van der Waals surface area contributed by atoms with E-state index in [9.17, 15) is 9.90 Å². The van der Waals surface area contributed by atoms with Gasteiger partial charge in [-0.05, 0) is 76.1 Å². The molecule has 3 aromatic rings. The molecule has 226 valence electrons. The topological polar surface area (TPSA) is 81.1 Å². The molecule has 4 rings (SSSR count). The third kappa shape index (κ3) is 7.50. The molecule has 7 heteroatoms. The Balaban J connectivity index is 1.74. The summed E-state index contributed by atoms with van der Waals surface area (Å²) < 4.78 is 18.0. The summed E-state index contributed by atoms with van der Waals surface area (Å²) in [6, 6.07) is 18.0. The molecule has 1 fully saturated rings. The van der Waals surface area contributed by atoms with Crippen LogP contribution in [0.5, 0.6) is 5.75 Å². The van der Waals surface area contributed by atoms with Gasteiger partial charge in [-0.25, -0.2) is 4.79 Å². The zero-order valence-electron chi connectivity index (χ0n) is 26.4. The summed E-state index contributed by atoms with van der Waals surface area (Å²) in [5, 5.41) is 10.4. The van der Waals surface area contributed by atoms with E-state index in [1.807, 2.05) is 89.2 Å². The molecular weight excluding hydrogens is 528 g/mol. The number of carbonyl (C=O) groups is 1. The van der Waals surface area contributed by atoms with E-state index in [0.717, 1.165) is 59.8 Å². The first-order valence-electron chi connectivity index (χ1n) is 14.8. The van der Waals surface area contributed by atoms with Crippen molar-refractivity contribution < 1.29 is 24.1 Å². The predicted molar refractivity (Wildman–Crippen MR) is 167 cm³/mol. The average molecular weight is 575 g/mol. The Bertz CT molecular complexity index is 1350. The van der Waals surface area contributed by atoms with E-state index in [4.69, 9.17) is 19.2 Å². The highest BCUT2D eigenvalue weighted by Crippen LogP contribution is 2.45. The maximum absolute atomic E-state index is 12.7. The molecule has 42 heavy (non-hydrogen) atoms. The summed E-state index contributed by atoms with van der Waals surface area (Å²) in [5.41, 5.74) is 5.61. The molecule has 0 spiro atoms. The first-order chi connectivity index (χ1) is 19.8. The normalized spacial score (nSPS) is 16.6. The number of piperidine rings is 1. The monoisotopic (exact) mass is 574 g/mol. The fourth-order valence-corrected chi connectivity index (χ4v) is 5.61. The molecule has 1 aliphatic heterocycles. The number of aliphatic carboxylic acids is 1. The molecule has 2 aromatic carbocycles. The molecule has 0 bridgehead atoms. The third-order valence-corrected chi connectivity index (χ3v) is 7.97. The molecular formula is C35H46N2O5. The molecule has 0 amide bonds. The van der Waals surface area contributed by atoms with Gasteiger partial charge in [0, 0.05) is 42.7 Å². The van der Waals surface area contributed by atoms with Crippen molar-refractivity contribution in [2.45, 2.75) is 79.1 Å². The van der Waals surface area contributed by atoms with Gasteiger partial charge in [0.25, 0.3) is 0 Å². The van der Waals surface area contributed by atoms with E-state index in [1.165, 1.54) is 0 Å². The summed E-state index contributed by atoms with van der Waals surface area (Å²) in [4.78, 5) is 19.9. The van der Waals surface area contributed by atoms with Crippen LogP contribution in [0.1, 0.15) is 82.2 Å². The first kappa shape index (κ1) is 31.5. The van der Waals surface area contributed by atoms with Crippen molar-refractivity contribution in [2.75, 3.05) is 31.7 Å². The van der Waals surface area contributed by atoms with Crippen molar-refractivity contribution in [1.82, 2.24) is 4.98 Å². The molecule has 0 saturated carbocycles. The number of methoxy groups -OCH3 is 1. The number of pyridine rings is 1. The summed E-state index contributed by atoms with van der Waals surface area (Å²) in [6.45, 7) is 16.2. The molecule has 1 aliphatic rings. The van der Waals surface area contributed by atoms with Gasteiger partial charge >= 0.3 is 5.97 Å². The number of hydrogen-bond donors (Lipinski definition) is 1. The number of nitrogens with zero attached hydrogens (tertiary/aromatic N) is 2. The molecule has 1 saturated heterocycles. The van der Waals surface area contributed by atoms with Gasteiger partial charge in [0.1, 0.15) is 18.5 Å². The lowest BCUT2D eigenvalue weighted by molar-refractivity contribution is -0.160. The smallest absolute Gasteiger partial charge is 0.337 e. The molecule has 7 nitrogen and oxygen atoms in total. The van der Waals surface area contributed by atoms with Crippen LogP contribution in [0.15, 0.2) is 54.6 Å². The van der Waals surface area contributed by atoms with Crippen LogP contribution in [0.4, 0.5) is 5.69 Å². The Hall–Kier alpha value is -3.42. The van der Waals surface area contributed by atoms with Crippen LogP contribution in [0.25, 0.3) is 11.1 Å². The van der Waals surface area contributed by atoms with Crippen molar-refractivity contribution >= 4 is 11.7 Å². The minimum atomic E-state index is -1.15. The van der Waals surface area contributed by atoms with E-state index >= 15 is 0 Å². The number of aryl methyl sites for hydroxylation is 2. The molecule has 1 aromatic heterocycles. The van der Waals surface area contributed by atoms with Crippen LogP contribution in [0.2, 0.25) is 0 Å². The highest BCUT2D eigenvalue weighted by atomic mass is 16.5. The minimum Gasteiger partial charge on any atom is -0.491 e. The summed E-state index contributed by atoms with van der Waals surface area (Å²) in [6.07, 6.45) is 0.703. The lowest BCUT2D eigenvalue weighted by Gasteiger charge is -2.41. The minimum absolute atomic E-state index is 0.178. The van der Waals surface area contributed by atoms with E-state index in [1.54, 1.807) is 7.11 Å². The maximum atomic E-state index is 12.7. The van der Waals surface area contributed by atoms with E-state index in [-0.39, 0.29) is 11.5 Å². The zero-order valence-corrected chi connectivity index (χ0v) is 26.4. The largest absolute Gasteiger partial charge is 0.491 e. The average Bonchev–Trinajstić information content (AvgIpc) is 2.93. The second-order valence-corrected chi connectivity index (χ2v) is 13.0. The van der Waals surface area contributed by atoms with Gasteiger partial charge in [-0.15, -0.1) is 0 Å². The van der Waals surface area contributed by atoms with Gasteiger partial charge in [-0.3, -0.25) is 4.98 Å². The maximum Gasteiger partial charge on any atom is 0.337 e. The molecule has 0 radical (unpaired) electrons. The SMILES string of the molecule is CO[C@H](COc1ccc(-c2c(C)nc(C)c([C@H](OC(C)(C)C)C(=O)O)c2N2CCC(C)(C)CC2)cc1)c1ccccc1. The van der Waals surface area contributed by atoms with Crippen LogP contribution in [-0.4, -0.2) is 48.5 Å². The fraction of sp³-hybridized carbons (Fsp3) is 0.486. The Kier molecular flexibility index (Phi) is 9.63. The zero-order chi connectivity index (χ0) is 30.7. The van der Waals surface area contributed by atoms with E-state index in [2.05, 4.69) is 18.7 Å². The van der Waals surface area contributed by atoms with Gasteiger partial charge in [-0.2, -0.15) is 0 Å². The highest BCUT2D eigenvalue weighted by molar-refractivity contribution is 5.88. The summed E-state index contributed by atoms with van der Waals surface area (Å²) in [5.74, 6) is -0.284. The van der Waals surface area contributed by atoms with Gasteiger partial charge in [0.15, 0.2) is 6.10 Å². The van der Waals surface area contributed by atoms with Gasteiger partial charge in [0.2, 0.25) is 0 Å². The van der Waals surface area contributed by atoms with Gasteiger partial charge in [0.05, 0.1) is 11.3 Å². The second-order valence-electron chi connectivity index (χ2n) is 13.0. The Morgan fingerprint density at radius 3 is 2.17 bits per heavy atom. The highest BCUT2D eigenvalue weighted by Gasteiger charge is 2.36.